The smallest absolute Gasteiger partial charge is 0.125 e. The zero-order chi connectivity index (χ0) is 14.4. The van der Waals surface area contributed by atoms with E-state index in [0.29, 0.717) is 10.0 Å². The Morgan fingerprint density at radius 1 is 1.05 bits per heavy atom. The summed E-state index contributed by atoms with van der Waals surface area (Å²) in [5, 5.41) is 4.18. The molecule has 4 heteroatoms. The molecule has 2 aromatic carbocycles. The minimum atomic E-state index is -0.0131. The van der Waals surface area contributed by atoms with Crippen molar-refractivity contribution in [2.24, 2.45) is 0 Å². The number of rotatable bonds is 6. The molecule has 20 heavy (non-hydrogen) atoms. The Kier molecular flexibility index (Phi) is 5.72. The highest BCUT2D eigenvalue weighted by Crippen LogP contribution is 2.30. The van der Waals surface area contributed by atoms with Crippen LogP contribution >= 0.6 is 23.2 Å². The highest BCUT2D eigenvalue weighted by Gasteiger charge is 2.13. The summed E-state index contributed by atoms with van der Waals surface area (Å²) < 4.78 is 6.06. The molecule has 0 aromatic heterocycles. The summed E-state index contributed by atoms with van der Waals surface area (Å²) in [5.74, 6) is 0.726. The van der Waals surface area contributed by atoms with E-state index >= 15 is 0 Å². The molecular formula is C16H17Cl2NO. The van der Waals surface area contributed by atoms with Gasteiger partial charge in [-0.3, -0.25) is 0 Å². The second-order valence-electron chi connectivity index (χ2n) is 4.49. The standard InChI is InChI=1S/C16H17Cl2NO/c1-19-10-9-16(12-5-3-2-4-6-12)20-13-7-8-14(17)15(18)11-13/h2-8,11,16,19H,9-10H2,1H3. The van der Waals surface area contributed by atoms with Gasteiger partial charge < -0.3 is 10.1 Å². The fraction of sp³-hybridized carbons (Fsp3) is 0.250. The van der Waals surface area contributed by atoms with Crippen molar-refractivity contribution in [3.05, 3.63) is 64.1 Å². The van der Waals surface area contributed by atoms with Crippen LogP contribution in [0.5, 0.6) is 5.75 Å². The Hall–Kier alpha value is -1.22. The Labute approximate surface area is 129 Å². The van der Waals surface area contributed by atoms with E-state index in [1.54, 1.807) is 12.1 Å². The van der Waals surface area contributed by atoms with E-state index in [-0.39, 0.29) is 6.10 Å². The fourth-order valence-corrected chi connectivity index (χ4v) is 2.24. The summed E-state index contributed by atoms with van der Waals surface area (Å²) in [6.45, 7) is 0.876. The van der Waals surface area contributed by atoms with Gasteiger partial charge in [0, 0.05) is 12.5 Å². The van der Waals surface area contributed by atoms with Crippen molar-refractivity contribution < 1.29 is 4.74 Å². The lowest BCUT2D eigenvalue weighted by atomic mass is 10.1. The molecule has 0 aliphatic rings. The van der Waals surface area contributed by atoms with E-state index in [1.807, 2.05) is 31.3 Å². The van der Waals surface area contributed by atoms with Gasteiger partial charge in [0.25, 0.3) is 0 Å². The van der Waals surface area contributed by atoms with Crippen LogP contribution in [-0.2, 0) is 0 Å². The minimum Gasteiger partial charge on any atom is -0.486 e. The van der Waals surface area contributed by atoms with Crippen molar-refractivity contribution in [3.63, 3.8) is 0 Å². The lowest BCUT2D eigenvalue weighted by molar-refractivity contribution is 0.195. The molecule has 0 bridgehead atoms. The second kappa shape index (κ2) is 7.53. The molecule has 2 nitrogen and oxygen atoms in total. The van der Waals surface area contributed by atoms with Crippen LogP contribution in [0.4, 0.5) is 0 Å². The molecule has 0 aliphatic heterocycles. The van der Waals surface area contributed by atoms with Crippen LogP contribution in [0.3, 0.4) is 0 Å². The van der Waals surface area contributed by atoms with E-state index in [0.717, 1.165) is 24.3 Å². The van der Waals surface area contributed by atoms with Crippen LogP contribution in [0.2, 0.25) is 10.0 Å². The van der Waals surface area contributed by atoms with Crippen molar-refractivity contribution in [1.82, 2.24) is 5.32 Å². The van der Waals surface area contributed by atoms with Crippen molar-refractivity contribution in [1.29, 1.82) is 0 Å². The van der Waals surface area contributed by atoms with Gasteiger partial charge >= 0.3 is 0 Å². The summed E-state index contributed by atoms with van der Waals surface area (Å²) in [6.07, 6.45) is 0.863. The summed E-state index contributed by atoms with van der Waals surface area (Å²) >= 11 is 11.9. The van der Waals surface area contributed by atoms with Crippen LogP contribution in [-0.4, -0.2) is 13.6 Å². The second-order valence-corrected chi connectivity index (χ2v) is 5.30. The zero-order valence-corrected chi connectivity index (χ0v) is 12.8. The van der Waals surface area contributed by atoms with Gasteiger partial charge in [-0.1, -0.05) is 53.5 Å². The largest absolute Gasteiger partial charge is 0.486 e. The van der Waals surface area contributed by atoms with E-state index in [9.17, 15) is 0 Å². The molecule has 0 spiro atoms. The van der Waals surface area contributed by atoms with Crippen LogP contribution in [0, 0.1) is 0 Å². The number of hydrogen-bond acceptors (Lipinski definition) is 2. The maximum Gasteiger partial charge on any atom is 0.125 e. The third-order valence-electron chi connectivity index (χ3n) is 3.00. The van der Waals surface area contributed by atoms with Crippen LogP contribution in [0.15, 0.2) is 48.5 Å². The fourth-order valence-electron chi connectivity index (χ4n) is 1.95. The number of halogens is 2. The first-order valence-electron chi connectivity index (χ1n) is 6.52. The molecule has 0 radical (unpaired) electrons. The first-order valence-corrected chi connectivity index (χ1v) is 7.27. The summed E-state index contributed by atoms with van der Waals surface area (Å²) in [7, 11) is 1.93. The molecular weight excluding hydrogens is 293 g/mol. The van der Waals surface area contributed by atoms with Crippen LogP contribution in [0.25, 0.3) is 0 Å². The average molecular weight is 310 g/mol. The number of hydrogen-bond donors (Lipinski definition) is 1. The van der Waals surface area contributed by atoms with Crippen LogP contribution in [0.1, 0.15) is 18.1 Å². The van der Waals surface area contributed by atoms with Crippen LogP contribution < -0.4 is 10.1 Å². The van der Waals surface area contributed by atoms with Crippen molar-refractivity contribution in [2.45, 2.75) is 12.5 Å². The lowest BCUT2D eigenvalue weighted by Gasteiger charge is -2.20. The number of nitrogens with one attached hydrogen (secondary N) is 1. The van der Waals surface area contributed by atoms with Gasteiger partial charge in [0.15, 0.2) is 0 Å². The summed E-state index contributed by atoms with van der Waals surface area (Å²) in [4.78, 5) is 0. The third-order valence-corrected chi connectivity index (χ3v) is 3.74. The number of benzene rings is 2. The topological polar surface area (TPSA) is 21.3 Å². The average Bonchev–Trinajstić information content (AvgIpc) is 2.48. The van der Waals surface area contributed by atoms with Gasteiger partial charge in [0.2, 0.25) is 0 Å². The molecule has 2 aromatic rings. The molecule has 1 unspecified atom stereocenters. The molecule has 2 rings (SSSR count). The lowest BCUT2D eigenvalue weighted by Crippen LogP contribution is -2.16. The van der Waals surface area contributed by atoms with E-state index in [4.69, 9.17) is 27.9 Å². The van der Waals surface area contributed by atoms with Crippen molar-refractivity contribution in [3.8, 4) is 5.75 Å². The Balaban J connectivity index is 2.17. The van der Waals surface area contributed by atoms with Gasteiger partial charge in [0.05, 0.1) is 10.0 Å². The van der Waals surface area contributed by atoms with E-state index in [1.165, 1.54) is 0 Å². The van der Waals surface area contributed by atoms with Gasteiger partial charge in [-0.05, 0) is 31.3 Å². The predicted molar refractivity (Wildman–Crippen MR) is 84.8 cm³/mol. The maximum atomic E-state index is 6.06. The molecule has 1 atom stereocenters. The van der Waals surface area contributed by atoms with Gasteiger partial charge in [-0.25, -0.2) is 0 Å². The minimum absolute atomic E-state index is 0.0131. The summed E-state index contributed by atoms with van der Waals surface area (Å²) in [6, 6.07) is 15.5. The quantitative estimate of drug-likeness (QED) is 0.833. The SMILES string of the molecule is CNCCC(Oc1ccc(Cl)c(Cl)c1)c1ccccc1. The monoisotopic (exact) mass is 309 g/mol. The molecule has 106 valence electrons. The molecule has 0 saturated heterocycles. The van der Waals surface area contributed by atoms with Crippen molar-refractivity contribution >= 4 is 23.2 Å². The third kappa shape index (κ3) is 4.14. The highest BCUT2D eigenvalue weighted by atomic mass is 35.5. The molecule has 0 amide bonds. The van der Waals surface area contributed by atoms with Crippen molar-refractivity contribution in [2.75, 3.05) is 13.6 Å². The first kappa shape index (κ1) is 15.2. The Morgan fingerprint density at radius 3 is 2.45 bits per heavy atom. The zero-order valence-electron chi connectivity index (χ0n) is 11.3. The highest BCUT2D eigenvalue weighted by molar-refractivity contribution is 6.42. The number of ether oxygens (including phenoxy) is 1. The summed E-state index contributed by atoms with van der Waals surface area (Å²) in [5.41, 5.74) is 1.15. The molecule has 0 fully saturated rings. The Morgan fingerprint density at radius 2 is 1.80 bits per heavy atom. The molecule has 0 heterocycles. The molecule has 0 saturated carbocycles. The van der Waals surface area contributed by atoms with E-state index < -0.39 is 0 Å². The maximum absolute atomic E-state index is 6.06. The Bertz CT molecular complexity index is 545. The predicted octanol–water partition coefficient (Wildman–Crippen LogP) is 4.72. The normalized spacial score (nSPS) is 12.2. The van der Waals surface area contributed by atoms with Gasteiger partial charge in [-0.2, -0.15) is 0 Å². The van der Waals surface area contributed by atoms with E-state index in [2.05, 4.69) is 17.4 Å². The van der Waals surface area contributed by atoms with Gasteiger partial charge in [0.1, 0.15) is 11.9 Å². The molecule has 0 aliphatic carbocycles. The first-order chi connectivity index (χ1) is 9.70. The van der Waals surface area contributed by atoms with Gasteiger partial charge in [-0.15, -0.1) is 0 Å². The molecule has 1 N–H and O–H groups in total.